The largest absolute Gasteiger partial charge is 0.487 e. The number of carboxylic acids is 1. The van der Waals surface area contributed by atoms with Gasteiger partial charge in [0.15, 0.2) is 5.96 Å². The number of ether oxygens (including phenoxy) is 1. The Morgan fingerprint density at radius 2 is 1.79 bits per heavy atom. The molecule has 1 aliphatic heterocycles. The molecule has 9 nitrogen and oxygen atoms in total. The van der Waals surface area contributed by atoms with E-state index in [1.165, 1.54) is 0 Å². The van der Waals surface area contributed by atoms with Gasteiger partial charge in [-0.1, -0.05) is 0 Å². The summed E-state index contributed by atoms with van der Waals surface area (Å²) in [5.41, 5.74) is 18.4. The minimum absolute atomic E-state index is 0.0400. The average Bonchev–Trinajstić information content (AvgIpc) is 2.92. The summed E-state index contributed by atoms with van der Waals surface area (Å²) in [4.78, 5) is 13.2. The van der Waals surface area contributed by atoms with E-state index in [1.54, 1.807) is 20.8 Å². The normalized spacial score (nSPS) is 17.2. The van der Waals surface area contributed by atoms with Gasteiger partial charge >= 0.3 is 5.97 Å². The Labute approximate surface area is 171 Å². The molecule has 29 heavy (non-hydrogen) atoms. The van der Waals surface area contributed by atoms with Crippen LogP contribution in [0.3, 0.4) is 0 Å². The highest BCUT2D eigenvalue weighted by atomic mass is 32.2. The number of nitrogens with two attached hydrogens (primary N) is 3. The van der Waals surface area contributed by atoms with Crippen LogP contribution in [-0.4, -0.2) is 42.5 Å². The molecule has 0 aliphatic carbocycles. The number of hydrogen-bond donors (Lipinski definition) is 4. The summed E-state index contributed by atoms with van der Waals surface area (Å²) in [6.45, 7) is 9.00. The molecule has 1 heterocycles. The molecule has 1 aromatic rings. The van der Waals surface area contributed by atoms with Crippen LogP contribution >= 0.6 is 0 Å². The maximum atomic E-state index is 13.5. The van der Waals surface area contributed by atoms with E-state index in [0.29, 0.717) is 28.9 Å². The van der Waals surface area contributed by atoms with Crippen LogP contribution in [0.1, 0.15) is 48.9 Å². The van der Waals surface area contributed by atoms with Gasteiger partial charge in [-0.05, 0) is 64.2 Å². The average molecular weight is 427 g/mol. The predicted molar refractivity (Wildman–Crippen MR) is 111 cm³/mol. The topological polar surface area (TPSA) is 171 Å². The van der Waals surface area contributed by atoms with Crippen LogP contribution in [0, 0.1) is 20.8 Å². The van der Waals surface area contributed by atoms with Crippen molar-refractivity contribution in [3.8, 4) is 5.75 Å². The molecule has 0 spiro atoms. The van der Waals surface area contributed by atoms with Gasteiger partial charge in [-0.25, -0.2) is 13.2 Å². The standard InChI is InChI=1S/C19H30N4O5S/c1-10-11(2)15(12(3)13-9-18(4,5)28-14(10)13)29(26,27)19(22,16(24)25)7-6-8-23-17(20)21/h6-9,22H2,1-5H3,(H,24,25)(H4,20,21,23). The first kappa shape index (κ1) is 23.0. The maximum absolute atomic E-state index is 13.5. The second-order valence-corrected chi connectivity index (χ2v) is 10.3. The van der Waals surface area contributed by atoms with Crippen molar-refractivity contribution in [3.63, 3.8) is 0 Å². The van der Waals surface area contributed by atoms with E-state index in [-0.39, 0.29) is 30.2 Å². The van der Waals surface area contributed by atoms with Crippen molar-refractivity contribution in [1.82, 2.24) is 0 Å². The molecule has 0 fully saturated rings. The van der Waals surface area contributed by atoms with Gasteiger partial charge in [0.05, 0.1) is 4.90 Å². The molecule has 1 unspecified atom stereocenters. The lowest BCUT2D eigenvalue weighted by molar-refractivity contribution is -0.140. The number of rotatable bonds is 7. The van der Waals surface area contributed by atoms with E-state index in [2.05, 4.69) is 4.99 Å². The maximum Gasteiger partial charge on any atom is 0.339 e. The van der Waals surface area contributed by atoms with E-state index < -0.39 is 26.3 Å². The highest BCUT2D eigenvalue weighted by Gasteiger charge is 2.50. The van der Waals surface area contributed by atoms with Gasteiger partial charge in [-0.3, -0.25) is 4.99 Å². The Hall–Kier alpha value is -2.33. The van der Waals surface area contributed by atoms with Gasteiger partial charge in [-0.15, -0.1) is 0 Å². The number of aliphatic imine (C=N–C) groups is 1. The van der Waals surface area contributed by atoms with Crippen molar-refractivity contribution in [2.45, 2.75) is 69.2 Å². The van der Waals surface area contributed by atoms with Crippen LogP contribution in [0.2, 0.25) is 0 Å². The number of nitrogens with zero attached hydrogens (tertiary/aromatic N) is 1. The minimum atomic E-state index is -4.43. The number of sulfone groups is 1. The molecule has 1 aliphatic rings. The SMILES string of the molecule is Cc1c(C)c(S(=O)(=O)C(N)(CCCN=C(N)N)C(=O)O)c(C)c2c1OC(C)(C)C2. The van der Waals surface area contributed by atoms with Crippen LogP contribution in [0.5, 0.6) is 5.75 Å². The molecule has 0 aromatic heterocycles. The van der Waals surface area contributed by atoms with Gasteiger partial charge in [0.2, 0.25) is 14.7 Å². The van der Waals surface area contributed by atoms with E-state index >= 15 is 0 Å². The zero-order valence-electron chi connectivity index (χ0n) is 17.5. The van der Waals surface area contributed by atoms with Crippen molar-refractivity contribution in [1.29, 1.82) is 0 Å². The van der Waals surface area contributed by atoms with Gasteiger partial charge in [0.1, 0.15) is 11.4 Å². The Morgan fingerprint density at radius 3 is 2.31 bits per heavy atom. The molecule has 1 aromatic carbocycles. The van der Waals surface area contributed by atoms with Crippen molar-refractivity contribution in [2.24, 2.45) is 22.2 Å². The second-order valence-electron chi connectivity index (χ2n) is 8.16. The third-order valence-electron chi connectivity index (χ3n) is 5.40. The molecule has 7 N–H and O–H groups in total. The first-order chi connectivity index (χ1) is 13.2. The fraction of sp³-hybridized carbons (Fsp3) is 0.579. The molecule has 162 valence electrons. The van der Waals surface area contributed by atoms with Crippen molar-refractivity contribution in [2.75, 3.05) is 6.54 Å². The Balaban J connectivity index is 2.61. The highest BCUT2D eigenvalue weighted by Crippen LogP contribution is 2.45. The lowest BCUT2D eigenvalue weighted by atomic mass is 9.94. The summed E-state index contributed by atoms with van der Waals surface area (Å²) >= 11 is 0. The molecule has 2 rings (SSSR count). The zero-order valence-corrected chi connectivity index (χ0v) is 18.3. The van der Waals surface area contributed by atoms with Crippen LogP contribution < -0.4 is 21.9 Å². The summed E-state index contributed by atoms with van der Waals surface area (Å²) in [5.74, 6) is -1.11. The summed E-state index contributed by atoms with van der Waals surface area (Å²) < 4.78 is 33.1. The molecular formula is C19H30N4O5S. The number of benzene rings is 1. The van der Waals surface area contributed by atoms with E-state index in [9.17, 15) is 18.3 Å². The predicted octanol–water partition coefficient (Wildman–Crippen LogP) is 0.892. The van der Waals surface area contributed by atoms with Gasteiger partial charge < -0.3 is 27.0 Å². The number of carboxylic acid groups (broad SMARTS) is 1. The van der Waals surface area contributed by atoms with E-state index in [4.69, 9.17) is 21.9 Å². The molecule has 0 bridgehead atoms. The number of guanidine groups is 1. The molecule has 0 amide bonds. The van der Waals surface area contributed by atoms with Crippen LogP contribution in [0.25, 0.3) is 0 Å². The fourth-order valence-corrected chi connectivity index (χ4v) is 5.83. The van der Waals surface area contributed by atoms with Gasteiger partial charge in [0, 0.05) is 18.5 Å². The van der Waals surface area contributed by atoms with E-state index in [0.717, 1.165) is 5.56 Å². The van der Waals surface area contributed by atoms with Gasteiger partial charge in [0.25, 0.3) is 0 Å². The quantitative estimate of drug-likeness (QED) is 0.283. The molecule has 0 saturated carbocycles. The van der Waals surface area contributed by atoms with Gasteiger partial charge in [-0.2, -0.15) is 0 Å². The lowest BCUT2D eigenvalue weighted by Gasteiger charge is -2.27. The molecular weight excluding hydrogens is 396 g/mol. The monoisotopic (exact) mass is 426 g/mol. The summed E-state index contributed by atoms with van der Waals surface area (Å²) in [6.07, 6.45) is 0.281. The fourth-order valence-electron chi connectivity index (χ4n) is 3.74. The zero-order chi connectivity index (χ0) is 22.4. The summed E-state index contributed by atoms with van der Waals surface area (Å²) in [5, 5.41) is 9.75. The number of aliphatic carboxylic acids is 1. The third kappa shape index (κ3) is 3.91. The number of carbonyl (C=O) groups is 1. The third-order valence-corrected chi connectivity index (χ3v) is 7.89. The Bertz CT molecular complexity index is 981. The molecule has 0 saturated heterocycles. The van der Waals surface area contributed by atoms with Crippen LogP contribution in [0.15, 0.2) is 9.89 Å². The van der Waals surface area contributed by atoms with Crippen LogP contribution in [-0.2, 0) is 21.1 Å². The molecule has 10 heteroatoms. The molecule has 0 radical (unpaired) electrons. The molecule has 1 atom stereocenters. The Kier molecular flexibility index (Phi) is 5.93. The highest BCUT2D eigenvalue weighted by molar-refractivity contribution is 7.93. The van der Waals surface area contributed by atoms with Crippen LogP contribution in [0.4, 0.5) is 0 Å². The summed E-state index contributed by atoms with van der Waals surface area (Å²) in [7, 11) is -4.43. The Morgan fingerprint density at radius 1 is 1.21 bits per heavy atom. The lowest BCUT2D eigenvalue weighted by Crippen LogP contribution is -2.55. The van der Waals surface area contributed by atoms with Crippen molar-refractivity contribution < 1.29 is 23.1 Å². The second kappa shape index (κ2) is 7.49. The smallest absolute Gasteiger partial charge is 0.339 e. The minimum Gasteiger partial charge on any atom is -0.487 e. The first-order valence-electron chi connectivity index (χ1n) is 9.29. The van der Waals surface area contributed by atoms with E-state index in [1.807, 2.05) is 13.8 Å². The number of hydrogen-bond acceptors (Lipinski definition) is 6. The van der Waals surface area contributed by atoms with Crippen molar-refractivity contribution in [3.05, 3.63) is 22.3 Å². The first-order valence-corrected chi connectivity index (χ1v) is 10.8. The van der Waals surface area contributed by atoms with Crippen molar-refractivity contribution >= 4 is 21.8 Å². The summed E-state index contributed by atoms with van der Waals surface area (Å²) in [6, 6.07) is 0. The number of fused-ring (bicyclic) bond motifs is 1.